The van der Waals surface area contributed by atoms with Gasteiger partial charge >= 0.3 is 5.97 Å². The van der Waals surface area contributed by atoms with E-state index in [0.717, 1.165) is 38.9 Å². The average molecular weight is 619 g/mol. The summed E-state index contributed by atoms with van der Waals surface area (Å²) in [5, 5.41) is 8.56. The number of carbonyl (C=O) groups is 1. The van der Waals surface area contributed by atoms with Gasteiger partial charge in [-0.2, -0.15) is 4.31 Å². The number of nitrogens with zero attached hydrogens (tertiary/aromatic N) is 5. The highest BCUT2D eigenvalue weighted by Crippen LogP contribution is 2.36. The number of likely N-dealkylation sites (N-methyl/N-ethyl adjacent to an activating group) is 1. The number of benzene rings is 3. The zero-order valence-electron chi connectivity index (χ0n) is 26.3. The van der Waals surface area contributed by atoms with Gasteiger partial charge in [-0.15, -0.1) is 5.10 Å². The zero-order chi connectivity index (χ0) is 31.8. The van der Waals surface area contributed by atoms with Gasteiger partial charge in [-0.25, -0.2) is 13.1 Å². The van der Waals surface area contributed by atoms with Gasteiger partial charge in [-0.05, 0) is 65.8 Å². The fraction of sp³-hybridized carbons (Fsp3) is 0.424. The van der Waals surface area contributed by atoms with Crippen LogP contribution in [-0.2, 0) is 33.1 Å². The molecule has 4 aromatic rings. The summed E-state index contributed by atoms with van der Waals surface area (Å²) in [5.41, 5.74) is 13.1. The van der Waals surface area contributed by atoms with Crippen LogP contribution in [0.2, 0.25) is 0 Å². The molecule has 2 N–H and O–H groups in total. The molecule has 0 spiro atoms. The van der Waals surface area contributed by atoms with Crippen LogP contribution in [0.15, 0.2) is 59.5 Å². The Hall–Kier alpha value is -3.80. The van der Waals surface area contributed by atoms with Gasteiger partial charge in [0.1, 0.15) is 17.0 Å². The maximum Gasteiger partial charge on any atom is 0.306 e. The van der Waals surface area contributed by atoms with Gasteiger partial charge in [0, 0.05) is 45.7 Å². The highest BCUT2D eigenvalue weighted by Gasteiger charge is 2.32. The van der Waals surface area contributed by atoms with Crippen molar-refractivity contribution in [2.45, 2.75) is 57.5 Å². The highest BCUT2D eigenvalue weighted by molar-refractivity contribution is 7.89. The van der Waals surface area contributed by atoms with Crippen LogP contribution in [0.5, 0.6) is 0 Å². The van der Waals surface area contributed by atoms with Crippen LogP contribution in [0.1, 0.15) is 54.0 Å². The summed E-state index contributed by atoms with van der Waals surface area (Å²) in [6.07, 6.45) is 0.0973. The maximum atomic E-state index is 13.8. The van der Waals surface area contributed by atoms with E-state index >= 15 is 0 Å². The molecule has 0 saturated heterocycles. The van der Waals surface area contributed by atoms with E-state index in [-0.39, 0.29) is 43.4 Å². The molecule has 2 unspecified atom stereocenters. The molecule has 44 heavy (non-hydrogen) atoms. The number of esters is 1. The van der Waals surface area contributed by atoms with Crippen molar-refractivity contribution in [2.75, 3.05) is 31.6 Å². The summed E-state index contributed by atoms with van der Waals surface area (Å²) in [6.45, 7) is 9.25. The third-order valence-corrected chi connectivity index (χ3v) is 10.7. The minimum Gasteiger partial charge on any atom is -0.464 e. The second-order valence-corrected chi connectivity index (χ2v) is 14.0. The topological polar surface area (TPSA) is 124 Å². The van der Waals surface area contributed by atoms with E-state index in [0.29, 0.717) is 23.7 Å². The molecule has 3 aromatic carbocycles. The third-order valence-electron chi connectivity index (χ3n) is 8.82. The van der Waals surface area contributed by atoms with Crippen LogP contribution in [0.3, 0.4) is 0 Å². The van der Waals surface area contributed by atoms with Crippen LogP contribution in [-0.4, -0.2) is 66.5 Å². The molecular formula is C33H42N6O4S. The van der Waals surface area contributed by atoms with E-state index < -0.39 is 10.0 Å². The van der Waals surface area contributed by atoms with Gasteiger partial charge in [0.25, 0.3) is 0 Å². The number of nitrogens with two attached hydrogens (primary N) is 1. The SMILES string of the molecule is Cc1ccc(C(CC(=O)OCC(N)C(C)C)c2ccc3c(nnn3C)c2C)cc1CN1CCN(C)c2ccccc2S1(=O)=O. The van der Waals surface area contributed by atoms with Crippen LogP contribution in [0.4, 0.5) is 5.69 Å². The first kappa shape index (κ1) is 31.6. The first-order chi connectivity index (χ1) is 20.9. The maximum absolute atomic E-state index is 13.8. The molecule has 0 radical (unpaired) electrons. The van der Waals surface area contributed by atoms with Gasteiger partial charge in [0.05, 0.1) is 17.6 Å². The Balaban J connectivity index is 1.52. The Bertz CT molecular complexity index is 1780. The van der Waals surface area contributed by atoms with E-state index in [4.69, 9.17) is 10.5 Å². The zero-order valence-corrected chi connectivity index (χ0v) is 27.1. The van der Waals surface area contributed by atoms with Crippen molar-refractivity contribution in [3.8, 4) is 0 Å². The number of sulfonamides is 1. The predicted molar refractivity (Wildman–Crippen MR) is 172 cm³/mol. The fourth-order valence-corrected chi connectivity index (χ4v) is 7.35. The molecule has 11 heteroatoms. The molecule has 2 atom stereocenters. The molecule has 234 valence electrons. The number of para-hydroxylation sites is 1. The van der Waals surface area contributed by atoms with Gasteiger partial charge in [-0.1, -0.05) is 55.5 Å². The van der Waals surface area contributed by atoms with Gasteiger partial charge in [0.15, 0.2) is 0 Å². The quantitative estimate of drug-likeness (QED) is 0.276. The molecule has 10 nitrogen and oxygen atoms in total. The number of hydrogen-bond acceptors (Lipinski definition) is 8. The van der Waals surface area contributed by atoms with Crippen molar-refractivity contribution in [1.82, 2.24) is 19.3 Å². The highest BCUT2D eigenvalue weighted by atomic mass is 32.2. The molecule has 1 aliphatic rings. The molecular weight excluding hydrogens is 576 g/mol. The van der Waals surface area contributed by atoms with Crippen molar-refractivity contribution in [2.24, 2.45) is 18.7 Å². The summed E-state index contributed by atoms with van der Waals surface area (Å²) >= 11 is 0. The lowest BCUT2D eigenvalue weighted by Crippen LogP contribution is -2.33. The number of rotatable bonds is 9. The van der Waals surface area contributed by atoms with E-state index in [2.05, 4.69) is 10.3 Å². The van der Waals surface area contributed by atoms with Crippen LogP contribution < -0.4 is 10.6 Å². The largest absolute Gasteiger partial charge is 0.464 e. The fourth-order valence-electron chi connectivity index (χ4n) is 5.71. The summed E-state index contributed by atoms with van der Waals surface area (Å²) in [5.74, 6) is -0.515. The second kappa shape index (κ2) is 12.7. The monoisotopic (exact) mass is 618 g/mol. The smallest absolute Gasteiger partial charge is 0.306 e. The normalized spacial score (nSPS) is 16.5. The van der Waals surface area contributed by atoms with Gasteiger partial charge < -0.3 is 15.4 Å². The van der Waals surface area contributed by atoms with E-state index in [1.165, 1.54) is 0 Å². The van der Waals surface area contributed by atoms with Crippen molar-refractivity contribution >= 4 is 32.7 Å². The first-order valence-corrected chi connectivity index (χ1v) is 16.4. The number of anilines is 1. The summed E-state index contributed by atoms with van der Waals surface area (Å²) in [7, 11) is 0.0276. The van der Waals surface area contributed by atoms with Crippen molar-refractivity contribution < 1.29 is 17.9 Å². The molecule has 0 aliphatic carbocycles. The molecule has 0 fully saturated rings. The average Bonchev–Trinajstić information content (AvgIpc) is 3.35. The standard InChI is InChI=1S/C33H42N6O4S/c1-21(2)28(34)20-43-32(40)18-27(26-13-14-30-33(23(26)4)35-36-38(30)6)24-12-11-22(3)25(17-24)19-39-16-15-37(5)29-9-7-8-10-31(29)44(39,41)42/h7-14,17,21,27-28H,15-16,18-20,34H2,1-6H3. The Kier molecular flexibility index (Phi) is 9.10. The lowest BCUT2D eigenvalue weighted by atomic mass is 9.84. The number of ether oxygens (including phenoxy) is 1. The molecule has 0 amide bonds. The van der Waals surface area contributed by atoms with Crippen LogP contribution in [0, 0.1) is 19.8 Å². The lowest BCUT2D eigenvalue weighted by Gasteiger charge is -2.24. The third kappa shape index (κ3) is 6.22. The lowest BCUT2D eigenvalue weighted by molar-refractivity contribution is -0.144. The van der Waals surface area contributed by atoms with Crippen molar-refractivity contribution in [3.05, 3.63) is 82.4 Å². The minimum absolute atomic E-state index is 0.0973. The van der Waals surface area contributed by atoms with E-state index in [9.17, 15) is 13.2 Å². The number of aromatic nitrogens is 3. The Labute approximate surface area is 259 Å². The van der Waals surface area contributed by atoms with Gasteiger partial charge in [0.2, 0.25) is 10.0 Å². The van der Waals surface area contributed by atoms with Gasteiger partial charge in [-0.3, -0.25) is 4.79 Å². The summed E-state index contributed by atoms with van der Waals surface area (Å²) in [4.78, 5) is 15.5. The van der Waals surface area contributed by atoms with E-state index in [1.807, 2.05) is 89.2 Å². The molecule has 0 bridgehead atoms. The van der Waals surface area contributed by atoms with Crippen LogP contribution >= 0.6 is 0 Å². The molecule has 0 saturated carbocycles. The first-order valence-electron chi connectivity index (χ1n) is 15.0. The Morgan fingerprint density at radius 1 is 1.05 bits per heavy atom. The van der Waals surface area contributed by atoms with Crippen molar-refractivity contribution in [3.63, 3.8) is 0 Å². The van der Waals surface area contributed by atoms with Crippen molar-refractivity contribution in [1.29, 1.82) is 0 Å². The number of aryl methyl sites for hydroxylation is 3. The predicted octanol–water partition coefficient (Wildman–Crippen LogP) is 4.27. The Morgan fingerprint density at radius 3 is 2.55 bits per heavy atom. The number of fused-ring (bicyclic) bond motifs is 2. The number of carbonyl (C=O) groups excluding carboxylic acids is 1. The number of hydrogen-bond donors (Lipinski definition) is 1. The summed E-state index contributed by atoms with van der Waals surface area (Å²) < 4.78 is 36.6. The Morgan fingerprint density at radius 2 is 1.80 bits per heavy atom. The molecule has 1 aromatic heterocycles. The van der Waals surface area contributed by atoms with Crippen LogP contribution in [0.25, 0.3) is 11.0 Å². The molecule has 2 heterocycles. The summed E-state index contributed by atoms with van der Waals surface area (Å²) in [6, 6.07) is 16.9. The second-order valence-electron chi connectivity index (χ2n) is 12.1. The van der Waals surface area contributed by atoms with E-state index in [1.54, 1.807) is 21.1 Å². The molecule has 1 aliphatic heterocycles. The minimum atomic E-state index is -3.73. The molecule has 5 rings (SSSR count).